The van der Waals surface area contributed by atoms with E-state index in [1.807, 2.05) is 49.5 Å². The zero-order chi connectivity index (χ0) is 19.3. The number of aliphatic imine (C=N–C) groups is 1. The van der Waals surface area contributed by atoms with Gasteiger partial charge in [-0.05, 0) is 38.1 Å². The first kappa shape index (κ1) is 21.2. The van der Waals surface area contributed by atoms with Gasteiger partial charge in [0.05, 0.1) is 18.8 Å². The van der Waals surface area contributed by atoms with Crippen molar-refractivity contribution < 1.29 is 9.47 Å². The van der Waals surface area contributed by atoms with Crippen molar-refractivity contribution in [3.8, 4) is 11.5 Å². The summed E-state index contributed by atoms with van der Waals surface area (Å²) in [5, 5.41) is 6.60. The summed E-state index contributed by atoms with van der Waals surface area (Å²) < 4.78 is 13.8. The quantitative estimate of drug-likeness (QED) is 0.316. The molecule has 0 amide bonds. The van der Waals surface area contributed by atoms with E-state index in [0.29, 0.717) is 19.7 Å². The molecule has 0 fully saturated rings. The summed E-state index contributed by atoms with van der Waals surface area (Å²) in [5.41, 5.74) is 3.02. The van der Waals surface area contributed by atoms with E-state index >= 15 is 0 Å². The number of halogens is 1. The van der Waals surface area contributed by atoms with Crippen molar-refractivity contribution in [1.82, 2.24) is 20.0 Å². The van der Waals surface area contributed by atoms with Crippen LogP contribution in [0.4, 0.5) is 0 Å². The molecule has 0 bridgehead atoms. The van der Waals surface area contributed by atoms with Gasteiger partial charge in [0, 0.05) is 18.4 Å². The van der Waals surface area contributed by atoms with Crippen molar-refractivity contribution in [1.29, 1.82) is 0 Å². The van der Waals surface area contributed by atoms with Crippen molar-refractivity contribution >= 4 is 35.6 Å². The molecular formula is C21H26IN5O2. The molecule has 7 nitrogen and oxygen atoms in total. The predicted molar refractivity (Wildman–Crippen MR) is 125 cm³/mol. The van der Waals surface area contributed by atoms with Crippen molar-refractivity contribution in [2.45, 2.75) is 26.5 Å². The molecule has 3 heterocycles. The predicted octanol–water partition coefficient (Wildman–Crippen LogP) is 3.16. The molecule has 154 valence electrons. The van der Waals surface area contributed by atoms with E-state index in [9.17, 15) is 0 Å². The van der Waals surface area contributed by atoms with Crippen LogP contribution in [-0.4, -0.2) is 41.1 Å². The maximum atomic E-state index is 5.99. The van der Waals surface area contributed by atoms with Crippen LogP contribution >= 0.6 is 24.0 Å². The SMILES string of the molecule is CCNC(=NCc1cn2c(C)cccc2n1)NCC1COc2ccccc2O1.I. The average molecular weight is 507 g/mol. The minimum atomic E-state index is -0.0726. The Morgan fingerprint density at radius 2 is 2.00 bits per heavy atom. The fourth-order valence-corrected chi connectivity index (χ4v) is 3.15. The highest BCUT2D eigenvalue weighted by Crippen LogP contribution is 2.30. The third-order valence-corrected chi connectivity index (χ3v) is 4.55. The summed E-state index contributed by atoms with van der Waals surface area (Å²) in [7, 11) is 0. The van der Waals surface area contributed by atoms with Crippen molar-refractivity contribution in [3.05, 3.63) is 60.0 Å². The van der Waals surface area contributed by atoms with Gasteiger partial charge in [-0.3, -0.25) is 0 Å². The molecule has 0 aliphatic carbocycles. The first-order chi connectivity index (χ1) is 13.7. The number of nitrogens with zero attached hydrogens (tertiary/aromatic N) is 3. The first-order valence-corrected chi connectivity index (χ1v) is 9.57. The molecule has 29 heavy (non-hydrogen) atoms. The summed E-state index contributed by atoms with van der Waals surface area (Å²) in [6.45, 7) is 6.50. The molecule has 2 N–H and O–H groups in total. The number of pyridine rings is 1. The van der Waals surface area contributed by atoms with Gasteiger partial charge in [0.2, 0.25) is 0 Å². The largest absolute Gasteiger partial charge is 0.486 e. The van der Waals surface area contributed by atoms with E-state index in [4.69, 9.17) is 9.47 Å². The molecule has 0 spiro atoms. The number of aromatic nitrogens is 2. The summed E-state index contributed by atoms with van der Waals surface area (Å²) in [6.07, 6.45) is 1.96. The number of hydrogen-bond donors (Lipinski definition) is 2. The van der Waals surface area contributed by atoms with Gasteiger partial charge in [-0.2, -0.15) is 0 Å². The van der Waals surface area contributed by atoms with Gasteiger partial charge in [-0.1, -0.05) is 18.2 Å². The van der Waals surface area contributed by atoms with Gasteiger partial charge in [-0.25, -0.2) is 9.98 Å². The fraction of sp³-hybridized carbons (Fsp3) is 0.333. The zero-order valence-corrected chi connectivity index (χ0v) is 18.9. The number of fused-ring (bicyclic) bond motifs is 2. The second kappa shape index (κ2) is 9.82. The van der Waals surface area contributed by atoms with Gasteiger partial charge in [0.25, 0.3) is 0 Å². The Labute approximate surface area is 187 Å². The number of imidazole rings is 1. The van der Waals surface area contributed by atoms with E-state index in [1.165, 1.54) is 0 Å². The summed E-state index contributed by atoms with van der Waals surface area (Å²) in [4.78, 5) is 9.30. The molecule has 4 rings (SSSR count). The van der Waals surface area contributed by atoms with Crippen LogP contribution in [0.2, 0.25) is 0 Å². The highest BCUT2D eigenvalue weighted by atomic mass is 127. The van der Waals surface area contributed by atoms with Crippen molar-refractivity contribution in [2.24, 2.45) is 4.99 Å². The Kier molecular flexibility index (Phi) is 7.18. The third kappa shape index (κ3) is 5.11. The Morgan fingerprint density at radius 1 is 1.17 bits per heavy atom. The molecular weight excluding hydrogens is 481 g/mol. The Hall–Kier alpha value is -2.49. The summed E-state index contributed by atoms with van der Waals surface area (Å²) in [5.74, 6) is 2.31. The number of para-hydroxylation sites is 2. The number of nitrogens with one attached hydrogen (secondary N) is 2. The molecule has 1 aromatic carbocycles. The minimum Gasteiger partial charge on any atom is -0.486 e. The van der Waals surface area contributed by atoms with Crippen LogP contribution in [0.5, 0.6) is 11.5 Å². The Balaban J connectivity index is 0.00000240. The lowest BCUT2D eigenvalue weighted by Gasteiger charge is -2.27. The monoisotopic (exact) mass is 507 g/mol. The van der Waals surface area contributed by atoms with Gasteiger partial charge >= 0.3 is 0 Å². The average Bonchev–Trinajstić information content (AvgIpc) is 3.14. The second-order valence-electron chi connectivity index (χ2n) is 6.70. The Bertz CT molecular complexity index is 988. The van der Waals surface area contributed by atoms with Crippen LogP contribution in [0.25, 0.3) is 5.65 Å². The standard InChI is InChI=1S/C21H25N5O2.HI/c1-3-22-21(23-11-16-13-26-15(2)7-6-10-20(26)25-16)24-12-17-14-27-18-8-4-5-9-19(18)28-17;/h4-10,13,17H,3,11-12,14H2,1-2H3,(H2,22,23,24);1H. The lowest BCUT2D eigenvalue weighted by atomic mass is 10.2. The molecule has 2 aromatic heterocycles. The minimum absolute atomic E-state index is 0. The number of guanidine groups is 1. The van der Waals surface area contributed by atoms with E-state index in [1.54, 1.807) is 0 Å². The molecule has 1 atom stereocenters. The number of benzene rings is 1. The van der Waals surface area contributed by atoms with Crippen LogP contribution in [0.1, 0.15) is 18.3 Å². The first-order valence-electron chi connectivity index (χ1n) is 9.57. The van der Waals surface area contributed by atoms with E-state index in [-0.39, 0.29) is 30.1 Å². The molecule has 3 aromatic rings. The van der Waals surface area contributed by atoms with Crippen LogP contribution in [0.3, 0.4) is 0 Å². The van der Waals surface area contributed by atoms with E-state index < -0.39 is 0 Å². The molecule has 1 aliphatic heterocycles. The number of hydrogen-bond acceptors (Lipinski definition) is 4. The molecule has 1 aliphatic rings. The number of ether oxygens (including phenoxy) is 2. The summed E-state index contributed by atoms with van der Waals surface area (Å²) in [6, 6.07) is 13.8. The fourth-order valence-electron chi connectivity index (χ4n) is 3.15. The maximum absolute atomic E-state index is 5.99. The van der Waals surface area contributed by atoms with Crippen molar-refractivity contribution in [2.75, 3.05) is 19.7 Å². The summed E-state index contributed by atoms with van der Waals surface area (Å²) >= 11 is 0. The van der Waals surface area contributed by atoms with Crippen LogP contribution in [-0.2, 0) is 6.54 Å². The van der Waals surface area contributed by atoms with Gasteiger partial charge in [0.1, 0.15) is 18.4 Å². The van der Waals surface area contributed by atoms with E-state index in [0.717, 1.165) is 41.0 Å². The number of rotatable bonds is 5. The molecule has 1 unspecified atom stereocenters. The van der Waals surface area contributed by atoms with Crippen LogP contribution < -0.4 is 20.1 Å². The lowest BCUT2D eigenvalue weighted by Crippen LogP contribution is -2.45. The number of aryl methyl sites for hydroxylation is 1. The molecule has 0 saturated carbocycles. The van der Waals surface area contributed by atoms with Crippen molar-refractivity contribution in [3.63, 3.8) is 0 Å². The Morgan fingerprint density at radius 3 is 2.79 bits per heavy atom. The highest BCUT2D eigenvalue weighted by Gasteiger charge is 2.20. The molecule has 0 saturated heterocycles. The van der Waals surface area contributed by atoms with Crippen LogP contribution in [0.15, 0.2) is 53.7 Å². The lowest BCUT2D eigenvalue weighted by molar-refractivity contribution is 0.0936. The highest BCUT2D eigenvalue weighted by molar-refractivity contribution is 14.0. The zero-order valence-electron chi connectivity index (χ0n) is 16.6. The van der Waals surface area contributed by atoms with E-state index in [2.05, 4.69) is 38.0 Å². The second-order valence-corrected chi connectivity index (χ2v) is 6.70. The van der Waals surface area contributed by atoms with Gasteiger partial charge in [0.15, 0.2) is 17.5 Å². The smallest absolute Gasteiger partial charge is 0.191 e. The maximum Gasteiger partial charge on any atom is 0.191 e. The van der Waals surface area contributed by atoms with Gasteiger partial charge in [-0.15, -0.1) is 24.0 Å². The normalized spacial score (nSPS) is 15.7. The topological polar surface area (TPSA) is 72.2 Å². The van der Waals surface area contributed by atoms with Crippen LogP contribution in [0, 0.1) is 6.92 Å². The third-order valence-electron chi connectivity index (χ3n) is 4.55. The van der Waals surface area contributed by atoms with Gasteiger partial charge < -0.3 is 24.5 Å². The molecule has 0 radical (unpaired) electrons. The molecule has 8 heteroatoms.